The zero-order valence-corrected chi connectivity index (χ0v) is 7.73. The molecule has 0 radical (unpaired) electrons. The molecule has 0 spiro atoms. The Hall–Kier alpha value is -0.130. The maximum atomic E-state index is 5.53. The minimum absolute atomic E-state index is 0.651. The molecule has 0 heterocycles. The second-order valence-electron chi connectivity index (χ2n) is 1.54. The smallest absolute Gasteiger partial charge is 0.217 e. The van der Waals surface area contributed by atoms with Crippen LogP contribution in [0.25, 0.3) is 0 Å². The summed E-state index contributed by atoms with van der Waals surface area (Å²) in [5, 5.41) is 2.83. The van der Waals surface area contributed by atoms with Crippen LogP contribution in [0.5, 0.6) is 0 Å². The molecule has 3 nitrogen and oxygen atoms in total. The largest absolute Gasteiger partial charge is 0.409 e. The normalized spacial score (nSPS) is 12.3. The Kier molecular flexibility index (Phi) is 4.65. The van der Waals surface area contributed by atoms with E-state index in [-0.39, 0.29) is 0 Å². The number of hydrogen-bond donors (Lipinski definition) is 2. The molecule has 0 aliphatic heterocycles. The summed E-state index contributed by atoms with van der Waals surface area (Å²) in [5.41, 5.74) is 6.27. The fourth-order valence-corrected chi connectivity index (χ4v) is 0.912. The van der Waals surface area contributed by atoms with Gasteiger partial charge in [0.05, 0.1) is 5.70 Å². The lowest BCUT2D eigenvalue weighted by Crippen LogP contribution is -2.13. The van der Waals surface area contributed by atoms with Crippen molar-refractivity contribution in [2.24, 2.45) is 5.73 Å². The summed E-state index contributed by atoms with van der Waals surface area (Å²) in [4.78, 5) is 0. The monoisotopic (exact) mass is 242 g/mol. The topological polar surface area (TPSA) is 47.3 Å². The molecule has 0 fully saturated rings. The van der Waals surface area contributed by atoms with E-state index in [9.17, 15) is 0 Å². The fraction of sp³-hybridized carbons (Fsp3) is 0.600. The Morgan fingerprint density at radius 3 is 2.44 bits per heavy atom. The van der Waals surface area contributed by atoms with Crippen LogP contribution >= 0.6 is 23.0 Å². The molecule has 0 aromatic rings. The van der Waals surface area contributed by atoms with Crippen LogP contribution in [0.1, 0.15) is 13.3 Å². The SMILES string of the molecule is CC/C(N)=C(\NC)OI. The van der Waals surface area contributed by atoms with E-state index in [0.29, 0.717) is 5.88 Å². The molecule has 0 saturated carbocycles. The van der Waals surface area contributed by atoms with Crippen molar-refractivity contribution in [3.8, 4) is 0 Å². The van der Waals surface area contributed by atoms with Gasteiger partial charge >= 0.3 is 0 Å². The van der Waals surface area contributed by atoms with Crippen LogP contribution in [-0.4, -0.2) is 7.05 Å². The summed E-state index contributed by atoms with van der Waals surface area (Å²) >= 11 is 1.79. The lowest BCUT2D eigenvalue weighted by Gasteiger charge is -2.04. The van der Waals surface area contributed by atoms with Gasteiger partial charge in [-0.2, -0.15) is 0 Å². The predicted molar refractivity (Wildman–Crippen MR) is 45.7 cm³/mol. The number of nitrogens with two attached hydrogens (primary N) is 1. The summed E-state index contributed by atoms with van der Waals surface area (Å²) in [5.74, 6) is 0.651. The molecule has 0 aromatic carbocycles. The van der Waals surface area contributed by atoms with Crippen molar-refractivity contribution in [3.05, 3.63) is 11.6 Å². The maximum absolute atomic E-state index is 5.53. The Bertz CT molecular complexity index is 108. The molecule has 0 bridgehead atoms. The minimum Gasteiger partial charge on any atom is -0.409 e. The Labute approximate surface area is 69.3 Å². The summed E-state index contributed by atoms with van der Waals surface area (Å²) < 4.78 is 4.87. The molecule has 0 unspecified atom stereocenters. The van der Waals surface area contributed by atoms with Crippen LogP contribution in [0.15, 0.2) is 11.6 Å². The highest BCUT2D eigenvalue weighted by Gasteiger charge is 1.96. The van der Waals surface area contributed by atoms with Crippen LogP contribution in [-0.2, 0) is 3.07 Å². The molecule has 0 aromatic heterocycles. The average molecular weight is 242 g/mol. The second-order valence-corrected chi connectivity index (χ2v) is 1.98. The van der Waals surface area contributed by atoms with Gasteiger partial charge in [0.15, 0.2) is 23.0 Å². The third-order valence-corrected chi connectivity index (χ3v) is 1.42. The van der Waals surface area contributed by atoms with E-state index in [1.807, 2.05) is 6.92 Å². The Morgan fingerprint density at radius 1 is 1.78 bits per heavy atom. The van der Waals surface area contributed by atoms with Crippen LogP contribution in [0.3, 0.4) is 0 Å². The van der Waals surface area contributed by atoms with Gasteiger partial charge in [-0.25, -0.2) is 0 Å². The lowest BCUT2D eigenvalue weighted by molar-refractivity contribution is 0.494. The van der Waals surface area contributed by atoms with Gasteiger partial charge in [-0.05, 0) is 6.42 Å². The summed E-state index contributed by atoms with van der Waals surface area (Å²) in [7, 11) is 1.77. The van der Waals surface area contributed by atoms with Gasteiger partial charge in [-0.15, -0.1) is 0 Å². The summed E-state index contributed by atoms with van der Waals surface area (Å²) in [6.07, 6.45) is 0.805. The Morgan fingerprint density at radius 2 is 2.33 bits per heavy atom. The number of hydrogen-bond acceptors (Lipinski definition) is 3. The van der Waals surface area contributed by atoms with Crippen molar-refractivity contribution in [1.82, 2.24) is 5.32 Å². The van der Waals surface area contributed by atoms with E-state index >= 15 is 0 Å². The van der Waals surface area contributed by atoms with Crippen molar-refractivity contribution in [1.29, 1.82) is 0 Å². The first-order chi connectivity index (χ1) is 4.26. The maximum Gasteiger partial charge on any atom is 0.217 e. The summed E-state index contributed by atoms with van der Waals surface area (Å²) in [6, 6.07) is 0. The zero-order valence-electron chi connectivity index (χ0n) is 5.57. The van der Waals surface area contributed by atoms with E-state index in [4.69, 9.17) is 8.80 Å². The zero-order chi connectivity index (χ0) is 7.28. The molecule has 4 heteroatoms. The molecule has 0 aliphatic rings. The van der Waals surface area contributed by atoms with E-state index < -0.39 is 0 Å². The molecule has 3 N–H and O–H groups in total. The number of halogens is 1. The van der Waals surface area contributed by atoms with Crippen molar-refractivity contribution < 1.29 is 3.07 Å². The molecule has 54 valence electrons. The first kappa shape index (κ1) is 8.87. The highest BCUT2D eigenvalue weighted by atomic mass is 127. The van der Waals surface area contributed by atoms with Crippen LogP contribution in [0.2, 0.25) is 0 Å². The van der Waals surface area contributed by atoms with Gasteiger partial charge in [-0.3, -0.25) is 0 Å². The van der Waals surface area contributed by atoms with Crippen molar-refractivity contribution in [2.75, 3.05) is 7.05 Å². The van der Waals surface area contributed by atoms with Gasteiger partial charge in [0.25, 0.3) is 0 Å². The molecule has 0 atom stereocenters. The molecule has 0 saturated heterocycles. The molecule has 0 rings (SSSR count). The van der Waals surface area contributed by atoms with Crippen LogP contribution in [0, 0.1) is 0 Å². The molecule has 9 heavy (non-hydrogen) atoms. The highest BCUT2D eigenvalue weighted by Crippen LogP contribution is 2.03. The highest BCUT2D eigenvalue weighted by molar-refractivity contribution is 14.1. The van der Waals surface area contributed by atoms with E-state index in [2.05, 4.69) is 5.32 Å². The predicted octanol–water partition coefficient (Wildman–Crippen LogP) is 1.11. The van der Waals surface area contributed by atoms with Gasteiger partial charge in [0.1, 0.15) is 0 Å². The number of allylic oxidation sites excluding steroid dienone is 1. The quantitative estimate of drug-likeness (QED) is 0.575. The third kappa shape index (κ3) is 2.78. The standard InChI is InChI=1S/C5H11IN2O/c1-3-4(7)5(8-2)9-6/h8H,3,7H2,1-2H3/b5-4-. The minimum atomic E-state index is 0.651. The molecule has 0 aliphatic carbocycles. The summed E-state index contributed by atoms with van der Waals surface area (Å²) in [6.45, 7) is 1.97. The van der Waals surface area contributed by atoms with E-state index in [1.54, 1.807) is 30.1 Å². The lowest BCUT2D eigenvalue weighted by atomic mass is 10.4. The van der Waals surface area contributed by atoms with E-state index in [1.165, 1.54) is 0 Å². The second kappa shape index (κ2) is 4.72. The first-order valence-corrected chi connectivity index (χ1v) is 3.59. The first-order valence-electron chi connectivity index (χ1n) is 2.71. The molecular formula is C5H11IN2O. The Balaban J connectivity index is 4.01. The fourth-order valence-electron chi connectivity index (χ4n) is 0.409. The number of nitrogens with one attached hydrogen (secondary N) is 1. The van der Waals surface area contributed by atoms with Crippen molar-refractivity contribution >= 4 is 23.0 Å². The van der Waals surface area contributed by atoms with Crippen molar-refractivity contribution in [2.45, 2.75) is 13.3 Å². The molecular weight excluding hydrogens is 231 g/mol. The van der Waals surface area contributed by atoms with Gasteiger partial charge in [-0.1, -0.05) is 6.92 Å². The van der Waals surface area contributed by atoms with Crippen LogP contribution in [0.4, 0.5) is 0 Å². The average Bonchev–Trinajstić information content (AvgIpc) is 1.90. The van der Waals surface area contributed by atoms with Gasteiger partial charge in [0, 0.05) is 7.05 Å². The van der Waals surface area contributed by atoms with Crippen molar-refractivity contribution in [3.63, 3.8) is 0 Å². The van der Waals surface area contributed by atoms with Gasteiger partial charge < -0.3 is 14.1 Å². The number of rotatable bonds is 3. The van der Waals surface area contributed by atoms with Gasteiger partial charge in [0.2, 0.25) is 5.88 Å². The van der Waals surface area contributed by atoms with E-state index in [0.717, 1.165) is 12.1 Å². The molecule has 0 amide bonds. The third-order valence-electron chi connectivity index (χ3n) is 0.977. The van der Waals surface area contributed by atoms with Crippen LogP contribution < -0.4 is 11.1 Å².